The fourth-order valence-corrected chi connectivity index (χ4v) is 4.85. The summed E-state index contributed by atoms with van der Waals surface area (Å²) >= 11 is -2.32. The first-order valence-corrected chi connectivity index (χ1v) is 15.5. The molecule has 0 aromatic heterocycles. The van der Waals surface area contributed by atoms with Gasteiger partial charge in [-0.1, -0.05) is 0 Å². The fourth-order valence-electron chi connectivity index (χ4n) is 1.26. The molecule has 0 fully saturated rings. The number of rotatable bonds is 2. The van der Waals surface area contributed by atoms with Crippen LogP contribution in [0.5, 0.6) is 0 Å². The van der Waals surface area contributed by atoms with Gasteiger partial charge in [-0.3, -0.25) is 0 Å². The Bertz CT molecular complexity index is 269. The van der Waals surface area contributed by atoms with Crippen LogP contribution in [0.25, 0.3) is 0 Å². The molecule has 0 spiro atoms. The molecular formula is C11H17ClSn. The summed E-state index contributed by atoms with van der Waals surface area (Å²) < 4.78 is 1.39. The number of benzene rings is 1. The van der Waals surface area contributed by atoms with Gasteiger partial charge in [-0.05, 0) is 0 Å². The summed E-state index contributed by atoms with van der Waals surface area (Å²) in [4.78, 5) is 4.45. The van der Waals surface area contributed by atoms with Crippen LogP contribution >= 0.6 is 8.92 Å². The molecule has 0 atom stereocenters. The Morgan fingerprint density at radius 3 is 1.85 bits per heavy atom. The minimum absolute atomic E-state index is 0.614. The Balaban J connectivity index is 2.94. The molecule has 0 bridgehead atoms. The van der Waals surface area contributed by atoms with Gasteiger partial charge in [0.05, 0.1) is 0 Å². The van der Waals surface area contributed by atoms with Crippen LogP contribution in [0.2, 0.25) is 9.88 Å². The zero-order valence-corrected chi connectivity index (χ0v) is 12.4. The molecule has 0 aliphatic carbocycles. The van der Waals surface area contributed by atoms with E-state index in [9.17, 15) is 0 Å². The van der Waals surface area contributed by atoms with Gasteiger partial charge < -0.3 is 0 Å². The molecule has 1 rings (SSSR count). The average Bonchev–Trinajstić information content (AvgIpc) is 2.03. The molecular weight excluding hydrogens is 286 g/mol. The molecule has 0 unspecified atom stereocenters. The summed E-state index contributed by atoms with van der Waals surface area (Å²) in [5.41, 5.74) is 1.40. The monoisotopic (exact) mass is 304 g/mol. The van der Waals surface area contributed by atoms with Crippen LogP contribution in [0.3, 0.4) is 0 Å². The van der Waals surface area contributed by atoms with Gasteiger partial charge in [-0.25, -0.2) is 0 Å². The van der Waals surface area contributed by atoms with Gasteiger partial charge in [-0.2, -0.15) is 0 Å². The second-order valence-electron chi connectivity index (χ2n) is 4.25. The maximum atomic E-state index is 6.40. The Kier molecular flexibility index (Phi) is 3.70. The Labute approximate surface area is 88.9 Å². The van der Waals surface area contributed by atoms with E-state index in [0.717, 1.165) is 0 Å². The van der Waals surface area contributed by atoms with E-state index in [0.29, 0.717) is 5.92 Å². The molecule has 2 heteroatoms. The summed E-state index contributed by atoms with van der Waals surface area (Å²) in [6.45, 7) is 4.42. The van der Waals surface area contributed by atoms with E-state index in [4.69, 9.17) is 8.92 Å². The third kappa shape index (κ3) is 3.17. The van der Waals surface area contributed by atoms with Crippen molar-refractivity contribution < 1.29 is 0 Å². The van der Waals surface area contributed by atoms with Crippen LogP contribution in [0.1, 0.15) is 25.3 Å². The van der Waals surface area contributed by atoms with Gasteiger partial charge >= 0.3 is 89.2 Å². The average molecular weight is 303 g/mol. The third-order valence-electron chi connectivity index (χ3n) is 2.26. The quantitative estimate of drug-likeness (QED) is 0.734. The Hall–Kier alpha value is 0.309. The molecule has 1 aromatic carbocycles. The number of hydrogen-bond donors (Lipinski definition) is 0. The first kappa shape index (κ1) is 11.4. The zero-order chi connectivity index (χ0) is 10.1. The molecule has 0 radical (unpaired) electrons. The van der Waals surface area contributed by atoms with Crippen LogP contribution in [-0.2, 0) is 0 Å². The number of halogens is 1. The first-order valence-electron chi connectivity index (χ1n) is 4.70. The van der Waals surface area contributed by atoms with Crippen molar-refractivity contribution in [3.05, 3.63) is 29.8 Å². The van der Waals surface area contributed by atoms with Crippen molar-refractivity contribution >= 4 is 29.8 Å². The second-order valence-corrected chi connectivity index (χ2v) is 20.6. The molecule has 0 N–H and O–H groups in total. The van der Waals surface area contributed by atoms with E-state index < -0.39 is 17.3 Å². The fraction of sp³-hybridized carbons (Fsp3) is 0.455. The summed E-state index contributed by atoms with van der Waals surface area (Å²) in [6.07, 6.45) is 0. The van der Waals surface area contributed by atoms with Crippen LogP contribution in [0.4, 0.5) is 0 Å². The Morgan fingerprint density at radius 1 is 1.08 bits per heavy atom. The zero-order valence-electron chi connectivity index (χ0n) is 8.76. The summed E-state index contributed by atoms with van der Waals surface area (Å²) in [5, 5.41) is 0. The first-order chi connectivity index (χ1) is 5.91. The van der Waals surface area contributed by atoms with Gasteiger partial charge in [0.1, 0.15) is 0 Å². The van der Waals surface area contributed by atoms with Gasteiger partial charge in [0.15, 0.2) is 0 Å². The van der Waals surface area contributed by atoms with Crippen molar-refractivity contribution in [2.75, 3.05) is 0 Å². The molecule has 13 heavy (non-hydrogen) atoms. The van der Waals surface area contributed by atoms with Crippen LogP contribution in [-0.4, -0.2) is 17.3 Å². The summed E-state index contributed by atoms with van der Waals surface area (Å²) in [5.74, 6) is 0.614. The molecule has 72 valence electrons. The minimum atomic E-state index is -2.32. The molecule has 0 saturated heterocycles. The standard InChI is InChI=1S/C9H11.2CH3.ClH.Sn/c1-8(2)9-6-4-3-5-7-9;;;;/h4-8H,1-2H3;2*1H3;1H;/q;;;;+1/p-1. The molecule has 0 saturated carbocycles. The normalized spacial score (nSPS) is 12.2. The molecule has 1 aromatic rings. The van der Waals surface area contributed by atoms with Gasteiger partial charge in [0.25, 0.3) is 0 Å². The van der Waals surface area contributed by atoms with E-state index in [1.165, 1.54) is 9.14 Å². The van der Waals surface area contributed by atoms with Gasteiger partial charge in [0, 0.05) is 0 Å². The summed E-state index contributed by atoms with van der Waals surface area (Å²) in [7, 11) is 6.40. The molecule has 0 nitrogen and oxygen atoms in total. The van der Waals surface area contributed by atoms with Crippen molar-refractivity contribution in [3.8, 4) is 0 Å². The molecule has 0 aliphatic rings. The molecule has 0 amide bonds. The molecule has 0 aliphatic heterocycles. The van der Waals surface area contributed by atoms with Crippen molar-refractivity contribution in [1.82, 2.24) is 0 Å². The van der Waals surface area contributed by atoms with Crippen LogP contribution < -0.4 is 3.58 Å². The van der Waals surface area contributed by atoms with E-state index in [2.05, 4.69) is 48.0 Å². The van der Waals surface area contributed by atoms with E-state index >= 15 is 0 Å². The topological polar surface area (TPSA) is 0 Å². The van der Waals surface area contributed by atoms with Gasteiger partial charge in [0.2, 0.25) is 0 Å². The summed E-state index contributed by atoms with van der Waals surface area (Å²) in [6, 6.07) is 8.83. The van der Waals surface area contributed by atoms with Crippen molar-refractivity contribution in [1.29, 1.82) is 0 Å². The SMILES string of the molecule is CC(C)c1cc[c]([Sn]([CH3])([CH3])[Cl])cc1. The van der Waals surface area contributed by atoms with Crippen LogP contribution in [0, 0.1) is 0 Å². The predicted octanol–water partition coefficient (Wildman–Crippen LogP) is 3.46. The second kappa shape index (κ2) is 4.22. The Morgan fingerprint density at radius 2 is 1.54 bits per heavy atom. The van der Waals surface area contributed by atoms with Crippen molar-refractivity contribution in [3.63, 3.8) is 0 Å². The van der Waals surface area contributed by atoms with Crippen LogP contribution in [0.15, 0.2) is 24.3 Å². The maximum absolute atomic E-state index is 6.40. The number of hydrogen-bond acceptors (Lipinski definition) is 0. The third-order valence-corrected chi connectivity index (χ3v) is 8.60. The van der Waals surface area contributed by atoms with Gasteiger partial charge in [-0.15, -0.1) is 0 Å². The van der Waals surface area contributed by atoms with E-state index in [1.54, 1.807) is 0 Å². The van der Waals surface area contributed by atoms with Crippen molar-refractivity contribution in [2.24, 2.45) is 0 Å². The molecule has 0 heterocycles. The van der Waals surface area contributed by atoms with E-state index in [-0.39, 0.29) is 0 Å². The van der Waals surface area contributed by atoms with E-state index in [1.807, 2.05) is 0 Å². The predicted molar refractivity (Wildman–Crippen MR) is 63.5 cm³/mol. The van der Waals surface area contributed by atoms with Crippen molar-refractivity contribution in [2.45, 2.75) is 29.6 Å².